The van der Waals surface area contributed by atoms with Crippen molar-refractivity contribution in [2.45, 2.75) is 24.6 Å². The first-order valence-electron chi connectivity index (χ1n) is 9.51. The Balaban J connectivity index is 1.53. The molecule has 0 fully saturated rings. The Morgan fingerprint density at radius 2 is 1.80 bits per heavy atom. The molecule has 0 unspecified atom stereocenters. The summed E-state index contributed by atoms with van der Waals surface area (Å²) in [4.78, 5) is 21.0. The van der Waals surface area contributed by atoms with Gasteiger partial charge in [0, 0.05) is 17.2 Å². The molecule has 6 nitrogen and oxygen atoms in total. The van der Waals surface area contributed by atoms with Crippen molar-refractivity contribution >= 4 is 33.8 Å². The minimum atomic E-state index is -0.342. The van der Waals surface area contributed by atoms with Crippen molar-refractivity contribution in [1.29, 1.82) is 0 Å². The Morgan fingerprint density at radius 3 is 2.63 bits per heavy atom. The van der Waals surface area contributed by atoms with Crippen molar-refractivity contribution in [3.05, 3.63) is 88.2 Å². The highest BCUT2D eigenvalue weighted by Crippen LogP contribution is 2.31. The summed E-state index contributed by atoms with van der Waals surface area (Å²) in [5.41, 5.74) is 5.16. The summed E-state index contributed by atoms with van der Waals surface area (Å²) in [7, 11) is 0. The molecule has 5 rings (SSSR count). The summed E-state index contributed by atoms with van der Waals surface area (Å²) in [6.45, 7) is 4.07. The van der Waals surface area contributed by atoms with Gasteiger partial charge in [0.25, 0.3) is 0 Å². The highest BCUT2D eigenvalue weighted by molar-refractivity contribution is 7.98. The van der Waals surface area contributed by atoms with Crippen LogP contribution >= 0.6 is 11.8 Å². The zero-order chi connectivity index (χ0) is 20.7. The molecule has 148 valence electrons. The Morgan fingerprint density at radius 1 is 1.00 bits per heavy atom. The van der Waals surface area contributed by atoms with Crippen molar-refractivity contribution in [3.8, 4) is 5.69 Å². The lowest BCUT2D eigenvalue weighted by Crippen LogP contribution is -2.01. The number of aromatic nitrogens is 4. The summed E-state index contributed by atoms with van der Waals surface area (Å²) in [5, 5.41) is 7.16. The average Bonchev–Trinajstić information content (AvgIpc) is 3.19. The average molecular weight is 414 g/mol. The van der Waals surface area contributed by atoms with Gasteiger partial charge in [-0.3, -0.25) is 0 Å². The Labute approximate surface area is 176 Å². The van der Waals surface area contributed by atoms with E-state index in [1.807, 2.05) is 43.3 Å². The zero-order valence-electron chi connectivity index (χ0n) is 16.5. The fraction of sp³-hybridized carbons (Fsp3) is 0.130. The number of nitrogens with zero attached hydrogens (tertiary/aromatic N) is 4. The fourth-order valence-electron chi connectivity index (χ4n) is 3.44. The van der Waals surface area contributed by atoms with Gasteiger partial charge in [-0.25, -0.2) is 19.4 Å². The second kappa shape index (κ2) is 7.42. The minimum absolute atomic E-state index is 0.342. The molecular weight excluding hydrogens is 396 g/mol. The lowest BCUT2D eigenvalue weighted by atomic mass is 10.0. The normalized spacial score (nSPS) is 11.4. The van der Waals surface area contributed by atoms with Gasteiger partial charge in [0.05, 0.1) is 17.3 Å². The van der Waals surface area contributed by atoms with Gasteiger partial charge in [-0.15, -0.1) is 11.8 Å². The highest BCUT2D eigenvalue weighted by Gasteiger charge is 2.13. The zero-order valence-corrected chi connectivity index (χ0v) is 17.3. The quantitative estimate of drug-likeness (QED) is 0.238. The number of thioether (sulfide) groups is 1. The number of aryl methyl sites for hydroxylation is 2. The van der Waals surface area contributed by atoms with Gasteiger partial charge in [0.1, 0.15) is 16.9 Å². The lowest BCUT2D eigenvalue weighted by Gasteiger charge is -2.08. The van der Waals surface area contributed by atoms with E-state index in [0.717, 1.165) is 43.8 Å². The van der Waals surface area contributed by atoms with Crippen molar-refractivity contribution in [1.82, 2.24) is 19.7 Å². The molecule has 0 saturated carbocycles. The molecule has 0 bridgehead atoms. The van der Waals surface area contributed by atoms with E-state index in [9.17, 15) is 4.79 Å². The van der Waals surface area contributed by atoms with Gasteiger partial charge in [0.15, 0.2) is 5.65 Å². The van der Waals surface area contributed by atoms with Crippen LogP contribution in [-0.4, -0.2) is 19.7 Å². The Kier molecular flexibility index (Phi) is 4.59. The first-order chi connectivity index (χ1) is 14.6. The molecule has 3 heterocycles. The first kappa shape index (κ1) is 18.6. The largest absolute Gasteiger partial charge is 0.423 e. The number of hydrogen-bond acceptors (Lipinski definition) is 6. The molecule has 0 amide bonds. The highest BCUT2D eigenvalue weighted by atomic mass is 32.2. The molecule has 7 heteroatoms. The van der Waals surface area contributed by atoms with Crippen LogP contribution in [0.25, 0.3) is 27.7 Å². The summed E-state index contributed by atoms with van der Waals surface area (Å²) in [6, 6.07) is 15.4. The molecule has 0 radical (unpaired) electrons. The third-order valence-corrected chi connectivity index (χ3v) is 6.19. The van der Waals surface area contributed by atoms with Crippen molar-refractivity contribution in [2.24, 2.45) is 0 Å². The van der Waals surface area contributed by atoms with Crippen LogP contribution in [0.5, 0.6) is 0 Å². The molecule has 0 saturated heterocycles. The van der Waals surface area contributed by atoms with Crippen molar-refractivity contribution < 1.29 is 4.42 Å². The third-order valence-electron chi connectivity index (χ3n) is 5.14. The predicted molar refractivity (Wildman–Crippen MR) is 118 cm³/mol. The molecule has 0 N–H and O–H groups in total. The molecule has 0 aliphatic heterocycles. The van der Waals surface area contributed by atoms with Gasteiger partial charge in [-0.2, -0.15) is 5.10 Å². The van der Waals surface area contributed by atoms with E-state index in [1.165, 1.54) is 0 Å². The SMILES string of the molecule is Cc1cc2oc(=O)cc(CSc3ncnc4c3cnn4-c3ccccc3)c2cc1C. The second-order valence-electron chi connectivity index (χ2n) is 7.12. The van der Waals surface area contributed by atoms with Gasteiger partial charge < -0.3 is 4.42 Å². The van der Waals surface area contributed by atoms with Crippen LogP contribution in [0.15, 0.2) is 75.3 Å². The van der Waals surface area contributed by atoms with Crippen LogP contribution in [0, 0.1) is 13.8 Å². The van der Waals surface area contributed by atoms with Gasteiger partial charge >= 0.3 is 5.63 Å². The summed E-state index contributed by atoms with van der Waals surface area (Å²) in [5.74, 6) is 0.591. The molecule has 5 aromatic rings. The summed E-state index contributed by atoms with van der Waals surface area (Å²) < 4.78 is 7.21. The van der Waals surface area contributed by atoms with Crippen molar-refractivity contribution in [3.63, 3.8) is 0 Å². The Bertz CT molecular complexity index is 1440. The molecular formula is C23H18N4O2S. The van der Waals surface area contributed by atoms with Gasteiger partial charge in [-0.1, -0.05) is 18.2 Å². The van der Waals surface area contributed by atoms with Gasteiger partial charge in [-0.05, 0) is 54.8 Å². The van der Waals surface area contributed by atoms with Crippen molar-refractivity contribution in [2.75, 3.05) is 0 Å². The number of fused-ring (bicyclic) bond motifs is 2. The van der Waals surface area contributed by atoms with Crippen LogP contribution in [-0.2, 0) is 5.75 Å². The van der Waals surface area contributed by atoms with E-state index in [0.29, 0.717) is 11.3 Å². The van der Waals surface area contributed by atoms with Gasteiger partial charge in [0.2, 0.25) is 0 Å². The van der Waals surface area contributed by atoms with Crippen LogP contribution in [0.1, 0.15) is 16.7 Å². The molecule has 0 aliphatic rings. The fourth-order valence-corrected chi connectivity index (χ4v) is 4.40. The Hall–Kier alpha value is -3.45. The topological polar surface area (TPSA) is 73.8 Å². The third kappa shape index (κ3) is 3.27. The monoisotopic (exact) mass is 414 g/mol. The molecule has 30 heavy (non-hydrogen) atoms. The van der Waals surface area contributed by atoms with Crippen LogP contribution in [0.3, 0.4) is 0 Å². The number of benzene rings is 2. The maximum Gasteiger partial charge on any atom is 0.336 e. The second-order valence-corrected chi connectivity index (χ2v) is 8.08. The maximum atomic E-state index is 12.1. The van der Waals surface area contributed by atoms with E-state index in [4.69, 9.17) is 4.42 Å². The summed E-state index contributed by atoms with van der Waals surface area (Å²) in [6.07, 6.45) is 3.34. The van der Waals surface area contributed by atoms with Crippen LogP contribution in [0.4, 0.5) is 0 Å². The van der Waals surface area contributed by atoms with E-state index in [1.54, 1.807) is 35.0 Å². The van der Waals surface area contributed by atoms with E-state index >= 15 is 0 Å². The standard InChI is InChI=1S/C23H18N4O2S/c1-14-8-18-16(10-21(28)29-20(18)9-15(14)2)12-30-23-19-11-26-27(22(19)24-13-25-23)17-6-4-3-5-7-17/h3-11,13H,12H2,1-2H3. The van der Waals surface area contributed by atoms with E-state index < -0.39 is 0 Å². The molecule has 0 aliphatic carbocycles. The predicted octanol–water partition coefficient (Wildman–Crippen LogP) is 4.83. The number of hydrogen-bond donors (Lipinski definition) is 0. The lowest BCUT2D eigenvalue weighted by molar-refractivity contribution is 0.559. The first-order valence-corrected chi connectivity index (χ1v) is 10.5. The number of para-hydroxylation sites is 1. The van der Waals surface area contributed by atoms with Crippen LogP contribution < -0.4 is 5.63 Å². The molecule has 0 atom stereocenters. The molecule has 2 aromatic carbocycles. The summed E-state index contributed by atoms with van der Waals surface area (Å²) >= 11 is 1.56. The molecule has 3 aromatic heterocycles. The van der Waals surface area contributed by atoms with Crippen LogP contribution in [0.2, 0.25) is 0 Å². The smallest absolute Gasteiger partial charge is 0.336 e. The van der Waals surface area contributed by atoms with E-state index in [2.05, 4.69) is 28.1 Å². The number of rotatable bonds is 4. The minimum Gasteiger partial charge on any atom is -0.423 e. The van der Waals surface area contributed by atoms with E-state index in [-0.39, 0.29) is 5.63 Å². The maximum absolute atomic E-state index is 12.1. The molecule has 0 spiro atoms.